The number of ether oxygens (including phenoxy) is 1. The van der Waals surface area contributed by atoms with Crippen LogP contribution in [-0.4, -0.2) is 0 Å². The van der Waals surface area contributed by atoms with Gasteiger partial charge in [-0.2, -0.15) is 8.78 Å². The number of halogens is 9. The zero-order chi connectivity index (χ0) is 34.6. The molecule has 0 aromatic heterocycles. The van der Waals surface area contributed by atoms with Crippen LogP contribution in [0, 0.1) is 46.6 Å². The van der Waals surface area contributed by atoms with Crippen LogP contribution >= 0.6 is 0 Å². The van der Waals surface area contributed by atoms with E-state index in [4.69, 9.17) is 0 Å². The van der Waals surface area contributed by atoms with Crippen LogP contribution < -0.4 is 4.74 Å². The molecule has 0 aliphatic heterocycles. The van der Waals surface area contributed by atoms with E-state index in [1.54, 1.807) is 6.07 Å². The van der Waals surface area contributed by atoms with Gasteiger partial charge in [-0.25, -0.2) is 30.7 Å². The van der Waals surface area contributed by atoms with Crippen molar-refractivity contribution in [1.82, 2.24) is 0 Å². The molecule has 48 heavy (non-hydrogen) atoms. The van der Waals surface area contributed by atoms with E-state index in [9.17, 15) is 17.6 Å². The Kier molecular flexibility index (Phi) is 11.1. The number of hydrogen-bond acceptors (Lipinski definition) is 1. The lowest BCUT2D eigenvalue weighted by atomic mass is 9.77. The molecule has 1 fully saturated rings. The summed E-state index contributed by atoms with van der Waals surface area (Å²) in [5.74, 6) is -10.5. The maximum Gasteiger partial charge on any atom is 0.432 e. The quantitative estimate of drug-likeness (QED) is 0.0823. The Balaban J connectivity index is 1.27. The number of alkyl halides is 2. The molecule has 10 heteroatoms. The monoisotopic (exact) mass is 678 g/mol. The van der Waals surface area contributed by atoms with E-state index in [0.717, 1.165) is 43.4 Å². The predicted molar refractivity (Wildman–Crippen MR) is 166 cm³/mol. The molecule has 0 saturated heterocycles. The van der Waals surface area contributed by atoms with Crippen molar-refractivity contribution in [2.24, 2.45) is 5.92 Å². The molecule has 0 amide bonds. The van der Waals surface area contributed by atoms with Gasteiger partial charge in [0.05, 0.1) is 0 Å². The number of benzene rings is 4. The van der Waals surface area contributed by atoms with E-state index in [0.29, 0.717) is 36.2 Å². The summed E-state index contributed by atoms with van der Waals surface area (Å²) in [6.45, 7) is 2.19. The Labute approximate surface area is 273 Å². The molecule has 4 aromatic carbocycles. The summed E-state index contributed by atoms with van der Waals surface area (Å²) in [4.78, 5) is 0. The lowest BCUT2D eigenvalue weighted by molar-refractivity contribution is -0.189. The molecule has 1 nitrogen and oxygen atoms in total. The third-order valence-corrected chi connectivity index (χ3v) is 9.15. The SMILES string of the molecule is CCCCCCCC1CCC(c2ccc(-c3cc(F)c(C(F)(F)Oc4ccc(-c5cc(F)c(F)c(F)c5)c(F)c4)c(F)c3)c(F)c2)CC1. The Morgan fingerprint density at radius 1 is 0.604 bits per heavy atom. The van der Waals surface area contributed by atoms with Crippen LogP contribution in [0.4, 0.5) is 39.5 Å². The summed E-state index contributed by atoms with van der Waals surface area (Å²) in [5, 5.41) is 0. The van der Waals surface area contributed by atoms with Crippen LogP contribution in [-0.2, 0) is 6.11 Å². The maximum atomic E-state index is 15.3. The van der Waals surface area contributed by atoms with Crippen LogP contribution in [0.15, 0.2) is 60.7 Å². The van der Waals surface area contributed by atoms with Crippen LogP contribution in [0.5, 0.6) is 5.75 Å². The van der Waals surface area contributed by atoms with Crippen molar-refractivity contribution in [2.45, 2.75) is 83.2 Å². The summed E-state index contributed by atoms with van der Waals surface area (Å²) < 4.78 is 135. The molecule has 0 spiro atoms. The van der Waals surface area contributed by atoms with E-state index < -0.39 is 69.3 Å². The Morgan fingerprint density at radius 2 is 1.15 bits per heavy atom. The molecule has 1 aliphatic carbocycles. The van der Waals surface area contributed by atoms with Gasteiger partial charge in [-0.3, -0.25) is 0 Å². The van der Waals surface area contributed by atoms with Crippen LogP contribution in [0.1, 0.15) is 88.2 Å². The summed E-state index contributed by atoms with van der Waals surface area (Å²) in [5.41, 5.74) is -2.36. The minimum absolute atomic E-state index is 0.161. The van der Waals surface area contributed by atoms with E-state index in [2.05, 4.69) is 11.7 Å². The van der Waals surface area contributed by atoms with Gasteiger partial charge in [0.15, 0.2) is 17.5 Å². The third-order valence-electron chi connectivity index (χ3n) is 9.15. The molecule has 0 radical (unpaired) electrons. The van der Waals surface area contributed by atoms with Crippen molar-refractivity contribution in [3.63, 3.8) is 0 Å². The Hall–Kier alpha value is -3.95. The van der Waals surface area contributed by atoms with Crippen molar-refractivity contribution >= 4 is 0 Å². The summed E-state index contributed by atoms with van der Waals surface area (Å²) >= 11 is 0. The topological polar surface area (TPSA) is 9.23 Å². The average molecular weight is 679 g/mol. The molecule has 5 rings (SSSR count). The maximum absolute atomic E-state index is 15.3. The molecule has 4 aromatic rings. The fourth-order valence-corrected chi connectivity index (χ4v) is 6.55. The second-order valence-corrected chi connectivity index (χ2v) is 12.5. The largest absolute Gasteiger partial charge is 0.432 e. The van der Waals surface area contributed by atoms with Gasteiger partial charge in [0.25, 0.3) is 0 Å². The van der Waals surface area contributed by atoms with Gasteiger partial charge in [0.1, 0.15) is 34.6 Å². The van der Waals surface area contributed by atoms with E-state index in [-0.39, 0.29) is 17.0 Å². The summed E-state index contributed by atoms with van der Waals surface area (Å²) in [6.07, 6.45) is 6.70. The van der Waals surface area contributed by atoms with Crippen molar-refractivity contribution < 1.29 is 44.3 Å². The van der Waals surface area contributed by atoms with Gasteiger partial charge in [-0.15, -0.1) is 0 Å². The first kappa shape index (κ1) is 35.4. The van der Waals surface area contributed by atoms with Gasteiger partial charge in [0.2, 0.25) is 0 Å². The van der Waals surface area contributed by atoms with E-state index >= 15 is 22.0 Å². The zero-order valence-corrected chi connectivity index (χ0v) is 26.3. The van der Waals surface area contributed by atoms with Crippen molar-refractivity contribution in [1.29, 1.82) is 0 Å². The van der Waals surface area contributed by atoms with Gasteiger partial charge in [0, 0.05) is 17.2 Å². The molecular weight excluding hydrogens is 643 g/mol. The number of hydrogen-bond donors (Lipinski definition) is 0. The van der Waals surface area contributed by atoms with Crippen molar-refractivity contribution in [2.75, 3.05) is 0 Å². The highest BCUT2D eigenvalue weighted by atomic mass is 19.3. The first-order valence-corrected chi connectivity index (χ1v) is 16.2. The van der Waals surface area contributed by atoms with Crippen LogP contribution in [0.25, 0.3) is 22.3 Å². The molecule has 1 saturated carbocycles. The van der Waals surface area contributed by atoms with Crippen molar-refractivity contribution in [3.8, 4) is 28.0 Å². The molecule has 0 unspecified atom stereocenters. The molecule has 0 atom stereocenters. The Bertz CT molecular complexity index is 1700. The van der Waals surface area contributed by atoms with Crippen LogP contribution in [0.2, 0.25) is 0 Å². The molecular formula is C38H35F9O. The molecule has 0 heterocycles. The highest BCUT2D eigenvalue weighted by molar-refractivity contribution is 5.66. The summed E-state index contributed by atoms with van der Waals surface area (Å²) in [7, 11) is 0. The van der Waals surface area contributed by atoms with Gasteiger partial charge in [-0.1, -0.05) is 57.6 Å². The summed E-state index contributed by atoms with van der Waals surface area (Å²) in [6, 6.07) is 8.61. The Morgan fingerprint density at radius 3 is 1.71 bits per heavy atom. The van der Waals surface area contributed by atoms with Gasteiger partial charge in [-0.05, 0) is 96.7 Å². The normalized spacial score (nSPS) is 16.7. The number of unbranched alkanes of at least 4 members (excludes halogenated alkanes) is 4. The minimum atomic E-state index is -4.65. The average Bonchev–Trinajstić information content (AvgIpc) is 3.03. The zero-order valence-electron chi connectivity index (χ0n) is 26.3. The van der Waals surface area contributed by atoms with E-state index in [1.807, 2.05) is 0 Å². The van der Waals surface area contributed by atoms with Crippen molar-refractivity contribution in [3.05, 3.63) is 113 Å². The molecule has 0 N–H and O–H groups in total. The molecule has 0 bridgehead atoms. The highest BCUT2D eigenvalue weighted by Gasteiger charge is 2.41. The highest BCUT2D eigenvalue weighted by Crippen LogP contribution is 2.41. The fraction of sp³-hybridized carbons (Fsp3) is 0.368. The fourth-order valence-electron chi connectivity index (χ4n) is 6.55. The van der Waals surface area contributed by atoms with E-state index in [1.165, 1.54) is 50.7 Å². The number of rotatable bonds is 12. The third kappa shape index (κ3) is 8.01. The van der Waals surface area contributed by atoms with Crippen LogP contribution in [0.3, 0.4) is 0 Å². The second kappa shape index (κ2) is 15.1. The molecule has 256 valence electrons. The first-order chi connectivity index (χ1) is 22.9. The lowest BCUT2D eigenvalue weighted by Crippen LogP contribution is -2.25. The van der Waals surface area contributed by atoms with Gasteiger partial charge < -0.3 is 4.74 Å². The van der Waals surface area contributed by atoms with Gasteiger partial charge >= 0.3 is 6.11 Å². The smallest absolute Gasteiger partial charge is 0.429 e. The second-order valence-electron chi connectivity index (χ2n) is 12.5. The lowest BCUT2D eigenvalue weighted by Gasteiger charge is -2.29. The standard InChI is InChI=1S/C38H35F9O/c1-2-3-4-5-6-7-22-8-10-23(11-9-22)24-12-14-28(30(39)16-24)25-17-32(41)36(33(42)18-25)38(46,47)48-27-13-15-29(31(40)21-27)26-19-34(43)37(45)35(44)20-26/h12-23H,2-11H2,1H3. The minimum Gasteiger partial charge on any atom is -0.429 e. The molecule has 1 aliphatic rings. The first-order valence-electron chi connectivity index (χ1n) is 16.2. The predicted octanol–water partition coefficient (Wildman–Crippen LogP) is 12.8.